The van der Waals surface area contributed by atoms with Crippen molar-refractivity contribution in [1.29, 1.82) is 0 Å². The molecule has 1 aromatic carbocycles. The molecule has 2 aromatic rings. The van der Waals surface area contributed by atoms with Crippen LogP contribution in [0.5, 0.6) is 5.75 Å². The molecule has 0 spiro atoms. The Bertz CT molecular complexity index is 1140. The minimum absolute atomic E-state index is 0.0206. The molecule has 3 fully saturated rings. The summed E-state index contributed by atoms with van der Waals surface area (Å²) >= 11 is 0. The summed E-state index contributed by atoms with van der Waals surface area (Å²) in [6.07, 6.45) is -2.21. The van der Waals surface area contributed by atoms with E-state index in [-0.39, 0.29) is 29.0 Å². The van der Waals surface area contributed by atoms with Crippen LogP contribution in [0, 0.1) is 30.0 Å². The molecule has 1 aromatic heterocycles. The highest BCUT2D eigenvalue weighted by molar-refractivity contribution is 6.04. The number of oxazole rings is 1. The summed E-state index contributed by atoms with van der Waals surface area (Å²) in [7, 11) is 1.59. The van der Waals surface area contributed by atoms with E-state index in [1.165, 1.54) is 12.5 Å². The fourth-order valence-electron chi connectivity index (χ4n) is 5.64. The number of nitrogens with one attached hydrogen (secondary N) is 1. The maximum Gasteiger partial charge on any atom is 0.396 e. The quantitative estimate of drug-likeness (QED) is 0.435. The molecule has 0 bridgehead atoms. The highest BCUT2D eigenvalue weighted by Gasteiger charge is 2.47. The van der Waals surface area contributed by atoms with Gasteiger partial charge in [0, 0.05) is 37.4 Å². The van der Waals surface area contributed by atoms with Gasteiger partial charge in [-0.1, -0.05) is 6.92 Å². The molecular weight excluding hydrogens is 494 g/mol. The average Bonchev–Trinajstić information content (AvgIpc) is 3.19. The summed E-state index contributed by atoms with van der Waals surface area (Å²) in [5.41, 5.74) is -0.0372. The number of alkyl halides is 3. The van der Waals surface area contributed by atoms with Crippen LogP contribution < -0.4 is 15.0 Å². The predicted molar refractivity (Wildman–Crippen MR) is 127 cm³/mol. The zero-order valence-electron chi connectivity index (χ0n) is 21.1. The van der Waals surface area contributed by atoms with Crippen LogP contribution in [0.25, 0.3) is 0 Å². The monoisotopic (exact) mass is 525 g/mol. The Labute approximate surface area is 212 Å². The highest BCUT2D eigenvalue weighted by atomic mass is 19.4. The number of ether oxygens (including phenoxy) is 2. The molecule has 2 unspecified atom stereocenters. The number of hydrogen-bond donors (Lipinski definition) is 1. The van der Waals surface area contributed by atoms with E-state index in [9.17, 15) is 22.4 Å². The van der Waals surface area contributed by atoms with Crippen LogP contribution in [0.4, 0.5) is 29.3 Å². The lowest BCUT2D eigenvalue weighted by Gasteiger charge is -2.48. The maximum atomic E-state index is 14.9. The van der Waals surface area contributed by atoms with E-state index in [4.69, 9.17) is 13.9 Å². The third kappa shape index (κ3) is 5.42. The molecule has 5 rings (SSSR count). The van der Waals surface area contributed by atoms with Crippen molar-refractivity contribution >= 4 is 17.6 Å². The first-order valence-electron chi connectivity index (χ1n) is 12.6. The predicted octanol–water partition coefficient (Wildman–Crippen LogP) is 5.52. The molecule has 202 valence electrons. The van der Waals surface area contributed by atoms with Crippen molar-refractivity contribution in [2.45, 2.75) is 58.2 Å². The number of benzene rings is 1. The van der Waals surface area contributed by atoms with Crippen LogP contribution in [0.3, 0.4) is 0 Å². The van der Waals surface area contributed by atoms with E-state index in [2.05, 4.69) is 10.3 Å². The van der Waals surface area contributed by atoms with Gasteiger partial charge in [0.2, 0.25) is 0 Å². The second-order valence-corrected chi connectivity index (χ2v) is 10.7. The molecule has 1 N–H and O–H groups in total. The van der Waals surface area contributed by atoms with Crippen molar-refractivity contribution < 1.29 is 36.2 Å². The number of anilines is 2. The number of carbonyl (C=O) groups excluding carboxylic acids is 1. The van der Waals surface area contributed by atoms with Gasteiger partial charge in [0.1, 0.15) is 12.2 Å². The number of rotatable bonds is 9. The van der Waals surface area contributed by atoms with Gasteiger partial charge in [-0.2, -0.15) is 18.2 Å². The van der Waals surface area contributed by atoms with E-state index >= 15 is 0 Å². The van der Waals surface area contributed by atoms with E-state index in [0.717, 1.165) is 25.3 Å². The Morgan fingerprint density at radius 3 is 2.54 bits per heavy atom. The zero-order chi connectivity index (χ0) is 26.5. The zero-order valence-corrected chi connectivity index (χ0v) is 21.1. The highest BCUT2D eigenvalue weighted by Crippen LogP contribution is 2.52. The summed E-state index contributed by atoms with van der Waals surface area (Å²) in [6.45, 7) is 5.14. The SMILES string of the molecule is CCC1(COC)CN(c2nc(C(=O)Nc3cc(C)c(OC4CC5CC5C4)c(F)c3)c(CC(F)(F)F)o2)C1. The fraction of sp³-hybridized carbons (Fsp3) is 0.615. The van der Waals surface area contributed by atoms with E-state index < -0.39 is 35.8 Å². The number of fused-ring (bicyclic) bond motifs is 1. The van der Waals surface area contributed by atoms with Crippen molar-refractivity contribution in [2.24, 2.45) is 17.3 Å². The standard InChI is InChI=1S/C26H31F4N3O4/c1-4-25(13-35-3)11-33(12-25)24-32-21(20(37-24)10-26(28,29)30)23(34)31-17-5-14(2)22(19(27)9-17)36-18-7-15-6-16(15)8-18/h5,9,15-16,18H,4,6-8,10-13H2,1-3H3,(H,31,34). The second kappa shape index (κ2) is 9.49. The van der Waals surface area contributed by atoms with Gasteiger partial charge in [-0.15, -0.1) is 0 Å². The van der Waals surface area contributed by atoms with E-state index in [1.54, 1.807) is 18.9 Å². The van der Waals surface area contributed by atoms with Gasteiger partial charge in [0.05, 0.1) is 12.7 Å². The first-order chi connectivity index (χ1) is 17.5. The Morgan fingerprint density at radius 1 is 1.24 bits per heavy atom. The number of methoxy groups -OCH3 is 1. The average molecular weight is 526 g/mol. The van der Waals surface area contributed by atoms with Gasteiger partial charge >= 0.3 is 6.18 Å². The number of aromatic nitrogens is 1. The molecule has 1 saturated heterocycles. The fourth-order valence-corrected chi connectivity index (χ4v) is 5.64. The summed E-state index contributed by atoms with van der Waals surface area (Å²) in [5, 5.41) is 2.47. The molecule has 37 heavy (non-hydrogen) atoms. The Morgan fingerprint density at radius 2 is 1.95 bits per heavy atom. The van der Waals surface area contributed by atoms with Crippen molar-refractivity contribution in [3.05, 3.63) is 35.0 Å². The summed E-state index contributed by atoms with van der Waals surface area (Å²) in [6, 6.07) is 2.59. The minimum atomic E-state index is -4.60. The van der Waals surface area contributed by atoms with E-state index in [0.29, 0.717) is 37.1 Å². The number of nitrogens with zero attached hydrogens (tertiary/aromatic N) is 2. The van der Waals surface area contributed by atoms with Gasteiger partial charge in [-0.3, -0.25) is 4.79 Å². The lowest BCUT2D eigenvalue weighted by molar-refractivity contribution is -0.130. The van der Waals surface area contributed by atoms with Gasteiger partial charge in [-0.25, -0.2) is 4.39 Å². The first kappa shape index (κ1) is 25.8. The van der Waals surface area contributed by atoms with Crippen LogP contribution in [0.15, 0.2) is 16.5 Å². The van der Waals surface area contributed by atoms with Crippen LogP contribution >= 0.6 is 0 Å². The lowest BCUT2D eigenvalue weighted by atomic mass is 9.78. The Kier molecular flexibility index (Phi) is 6.62. The van der Waals surface area contributed by atoms with Gasteiger partial charge < -0.3 is 24.1 Å². The molecule has 2 aliphatic carbocycles. The van der Waals surface area contributed by atoms with E-state index in [1.807, 2.05) is 6.92 Å². The molecule has 2 heterocycles. The van der Waals surface area contributed by atoms with Crippen LogP contribution in [0.1, 0.15) is 54.4 Å². The van der Waals surface area contributed by atoms with Crippen molar-refractivity contribution in [3.8, 4) is 5.75 Å². The minimum Gasteiger partial charge on any atom is -0.487 e. The van der Waals surface area contributed by atoms with Crippen molar-refractivity contribution in [1.82, 2.24) is 4.98 Å². The van der Waals surface area contributed by atoms with Gasteiger partial charge in [0.15, 0.2) is 17.3 Å². The lowest BCUT2D eigenvalue weighted by Crippen LogP contribution is -2.58. The molecule has 7 nitrogen and oxygen atoms in total. The largest absolute Gasteiger partial charge is 0.487 e. The van der Waals surface area contributed by atoms with Gasteiger partial charge in [-0.05, 0) is 56.1 Å². The number of amides is 1. The number of halogens is 4. The third-order valence-electron chi connectivity index (χ3n) is 7.76. The summed E-state index contributed by atoms with van der Waals surface area (Å²) < 4.78 is 71.1. The molecule has 11 heteroatoms. The number of hydrogen-bond acceptors (Lipinski definition) is 6. The topological polar surface area (TPSA) is 76.8 Å². The number of carbonyl (C=O) groups is 1. The van der Waals surface area contributed by atoms with Crippen molar-refractivity contribution in [3.63, 3.8) is 0 Å². The smallest absolute Gasteiger partial charge is 0.396 e. The molecule has 1 aliphatic heterocycles. The molecular formula is C26H31F4N3O4. The molecule has 1 amide bonds. The molecule has 2 atom stereocenters. The normalized spacial score (nSPS) is 24.0. The van der Waals surface area contributed by atoms with Crippen molar-refractivity contribution in [2.75, 3.05) is 37.0 Å². The Hall–Kier alpha value is -2.82. The molecule has 0 radical (unpaired) electrons. The second-order valence-electron chi connectivity index (χ2n) is 10.7. The Balaban J connectivity index is 1.32. The van der Waals surface area contributed by atoms with Crippen LogP contribution in [-0.2, 0) is 11.2 Å². The third-order valence-corrected chi connectivity index (χ3v) is 7.76. The summed E-state index contributed by atoms with van der Waals surface area (Å²) in [5.74, 6) is -0.630. The first-order valence-corrected chi connectivity index (χ1v) is 12.6. The summed E-state index contributed by atoms with van der Waals surface area (Å²) in [4.78, 5) is 18.8. The van der Waals surface area contributed by atoms with Crippen LogP contribution in [0.2, 0.25) is 0 Å². The van der Waals surface area contributed by atoms with Crippen LogP contribution in [-0.4, -0.2) is 50.0 Å². The number of aryl methyl sites for hydroxylation is 1. The maximum absolute atomic E-state index is 14.9. The van der Waals surface area contributed by atoms with Gasteiger partial charge in [0.25, 0.3) is 11.9 Å². The molecule has 3 aliphatic rings. The molecule has 2 saturated carbocycles.